The number of rotatable bonds is 7. The van der Waals surface area contributed by atoms with Gasteiger partial charge in [0.05, 0.1) is 23.6 Å². The van der Waals surface area contributed by atoms with Crippen molar-refractivity contribution in [1.29, 1.82) is 0 Å². The maximum absolute atomic E-state index is 13.1. The zero-order valence-corrected chi connectivity index (χ0v) is 20.3. The summed E-state index contributed by atoms with van der Waals surface area (Å²) in [6.45, 7) is 7.27. The number of hydrogen-bond donors (Lipinski definition) is 2. The molecule has 0 saturated carbocycles. The molecular weight excluding hydrogens is 428 g/mol. The minimum absolute atomic E-state index is 0.0279. The van der Waals surface area contributed by atoms with E-state index in [2.05, 4.69) is 27.0 Å². The Kier molecular flexibility index (Phi) is 7.47. The quantitative estimate of drug-likeness (QED) is 0.564. The molecule has 2 aromatic carbocycles. The van der Waals surface area contributed by atoms with Crippen LogP contribution in [0.2, 0.25) is 0 Å². The zero-order valence-electron chi connectivity index (χ0n) is 20.3. The summed E-state index contributed by atoms with van der Waals surface area (Å²) in [4.78, 5) is 39.8. The molecule has 1 aromatic heterocycles. The van der Waals surface area contributed by atoms with Gasteiger partial charge in [-0.3, -0.25) is 14.5 Å². The number of likely N-dealkylation sites (N-methyl/N-ethyl adjacent to an activating group) is 1. The third kappa shape index (κ3) is 5.39. The molecular formula is C26H34N6O2. The van der Waals surface area contributed by atoms with Crippen LogP contribution < -0.4 is 10.2 Å². The second-order valence-corrected chi connectivity index (χ2v) is 8.88. The van der Waals surface area contributed by atoms with Crippen LogP contribution in [0.1, 0.15) is 25.8 Å². The van der Waals surface area contributed by atoms with E-state index in [9.17, 15) is 9.59 Å². The molecule has 1 unspecified atom stereocenters. The van der Waals surface area contributed by atoms with Crippen LogP contribution in [-0.4, -0.2) is 77.4 Å². The van der Waals surface area contributed by atoms with Crippen molar-refractivity contribution < 1.29 is 9.59 Å². The Morgan fingerprint density at radius 1 is 1.09 bits per heavy atom. The predicted octanol–water partition coefficient (Wildman–Crippen LogP) is 3.12. The van der Waals surface area contributed by atoms with Gasteiger partial charge >= 0.3 is 0 Å². The van der Waals surface area contributed by atoms with Crippen molar-refractivity contribution in [1.82, 2.24) is 19.8 Å². The fourth-order valence-corrected chi connectivity index (χ4v) is 4.53. The van der Waals surface area contributed by atoms with E-state index in [1.807, 2.05) is 55.5 Å². The fourth-order valence-electron chi connectivity index (χ4n) is 4.53. The molecule has 0 radical (unpaired) electrons. The second kappa shape index (κ2) is 10.7. The lowest BCUT2D eigenvalue weighted by molar-refractivity contribution is -0.137. The van der Waals surface area contributed by atoms with E-state index in [1.54, 1.807) is 7.05 Å². The summed E-state index contributed by atoms with van der Waals surface area (Å²) in [5.74, 6) is 0.648. The van der Waals surface area contributed by atoms with E-state index in [1.165, 1.54) is 4.90 Å². The van der Waals surface area contributed by atoms with Gasteiger partial charge < -0.3 is 20.1 Å². The van der Waals surface area contributed by atoms with Crippen LogP contribution in [0.5, 0.6) is 0 Å². The van der Waals surface area contributed by atoms with Crippen molar-refractivity contribution in [3.8, 4) is 0 Å². The number of nitrogens with one attached hydrogen (secondary N) is 2. The van der Waals surface area contributed by atoms with Gasteiger partial charge in [0.1, 0.15) is 0 Å². The van der Waals surface area contributed by atoms with Gasteiger partial charge in [0.25, 0.3) is 0 Å². The Hall–Kier alpha value is -3.39. The number of aromatic amines is 1. The molecule has 8 nitrogen and oxygen atoms in total. The molecule has 1 fully saturated rings. The van der Waals surface area contributed by atoms with E-state index in [4.69, 9.17) is 4.98 Å². The van der Waals surface area contributed by atoms with Crippen LogP contribution in [-0.2, 0) is 16.0 Å². The first-order valence-electron chi connectivity index (χ1n) is 12.0. The normalized spacial score (nSPS) is 15.7. The summed E-state index contributed by atoms with van der Waals surface area (Å²) in [6.07, 6.45) is 1.77. The molecule has 0 spiro atoms. The number of carbonyl (C=O) groups excluding carboxylic acids is 2. The van der Waals surface area contributed by atoms with E-state index in [0.717, 1.165) is 67.3 Å². The van der Waals surface area contributed by atoms with Crippen molar-refractivity contribution in [3.63, 3.8) is 0 Å². The molecule has 0 bridgehead atoms. The van der Waals surface area contributed by atoms with Crippen molar-refractivity contribution in [2.45, 2.75) is 32.7 Å². The highest BCUT2D eigenvalue weighted by molar-refractivity contribution is 5.95. The third-order valence-electron chi connectivity index (χ3n) is 6.54. The number of para-hydroxylation sites is 3. The maximum Gasteiger partial charge on any atom is 0.243 e. The van der Waals surface area contributed by atoms with Crippen LogP contribution in [0.25, 0.3) is 11.0 Å². The summed E-state index contributed by atoms with van der Waals surface area (Å²) >= 11 is 0. The standard InChI is InChI=1S/C26H34N6O2/c1-4-20-10-5-6-11-21(20)27-24(33)18-30(3)25(34)19(2)31-14-9-15-32(17-16-31)26-28-22-12-7-8-13-23(22)29-26/h5-8,10-13,19H,4,9,14-18H2,1-3H3,(H,27,33)(H,28,29). The SMILES string of the molecule is CCc1ccccc1NC(=O)CN(C)C(=O)C(C)N1CCCN(c2nc3ccccc3[nH]2)CC1. The molecule has 180 valence electrons. The highest BCUT2D eigenvalue weighted by Crippen LogP contribution is 2.19. The number of aromatic nitrogens is 2. The van der Waals surface area contributed by atoms with Crippen molar-refractivity contribution >= 4 is 34.5 Å². The lowest BCUT2D eigenvalue weighted by atomic mass is 10.1. The Labute approximate surface area is 200 Å². The topological polar surface area (TPSA) is 84.6 Å². The molecule has 2 N–H and O–H groups in total. The van der Waals surface area contributed by atoms with Crippen LogP contribution in [0, 0.1) is 0 Å². The first-order chi connectivity index (χ1) is 16.5. The van der Waals surface area contributed by atoms with Crippen molar-refractivity contribution in [3.05, 3.63) is 54.1 Å². The average Bonchev–Trinajstić information content (AvgIpc) is 3.12. The molecule has 8 heteroatoms. The van der Waals surface area contributed by atoms with Gasteiger partial charge in [-0.25, -0.2) is 4.98 Å². The first kappa shape index (κ1) is 23.8. The Morgan fingerprint density at radius 3 is 2.65 bits per heavy atom. The van der Waals surface area contributed by atoms with Gasteiger partial charge in [0.15, 0.2) is 0 Å². The largest absolute Gasteiger partial charge is 0.341 e. The highest BCUT2D eigenvalue weighted by Gasteiger charge is 2.27. The Balaban J connectivity index is 1.32. The maximum atomic E-state index is 13.1. The highest BCUT2D eigenvalue weighted by atomic mass is 16.2. The van der Waals surface area contributed by atoms with Crippen LogP contribution in [0.15, 0.2) is 48.5 Å². The van der Waals surface area contributed by atoms with Gasteiger partial charge in [-0.05, 0) is 43.5 Å². The zero-order chi connectivity index (χ0) is 24.1. The number of H-pyrrole nitrogens is 1. The lowest BCUT2D eigenvalue weighted by Crippen LogP contribution is -2.48. The molecule has 1 atom stereocenters. The number of nitrogens with zero attached hydrogens (tertiary/aromatic N) is 4. The summed E-state index contributed by atoms with van der Waals surface area (Å²) < 4.78 is 0. The molecule has 1 saturated heterocycles. The molecule has 4 rings (SSSR count). The number of carbonyl (C=O) groups is 2. The minimum Gasteiger partial charge on any atom is -0.341 e. The molecule has 34 heavy (non-hydrogen) atoms. The minimum atomic E-state index is -0.295. The monoisotopic (exact) mass is 462 g/mol. The predicted molar refractivity (Wildman–Crippen MR) is 136 cm³/mol. The number of hydrogen-bond acceptors (Lipinski definition) is 5. The Bertz CT molecular complexity index is 1110. The van der Waals surface area contributed by atoms with Crippen LogP contribution in [0.3, 0.4) is 0 Å². The number of fused-ring (bicyclic) bond motifs is 1. The fraction of sp³-hybridized carbons (Fsp3) is 0.423. The van der Waals surface area contributed by atoms with E-state index in [0.29, 0.717) is 0 Å². The van der Waals surface area contributed by atoms with E-state index >= 15 is 0 Å². The molecule has 2 heterocycles. The number of aryl methyl sites for hydroxylation is 1. The van der Waals surface area contributed by atoms with Gasteiger partial charge in [0.2, 0.25) is 17.8 Å². The lowest BCUT2D eigenvalue weighted by Gasteiger charge is -2.30. The summed E-state index contributed by atoms with van der Waals surface area (Å²) in [6, 6.07) is 15.5. The smallest absolute Gasteiger partial charge is 0.243 e. The first-order valence-corrected chi connectivity index (χ1v) is 12.0. The number of anilines is 2. The van der Waals surface area contributed by atoms with Crippen LogP contribution >= 0.6 is 0 Å². The van der Waals surface area contributed by atoms with E-state index in [-0.39, 0.29) is 24.4 Å². The van der Waals surface area contributed by atoms with Gasteiger partial charge in [0, 0.05) is 38.9 Å². The summed E-state index contributed by atoms with van der Waals surface area (Å²) in [5, 5.41) is 2.95. The number of imidazole rings is 1. The van der Waals surface area contributed by atoms with Gasteiger partial charge in [-0.1, -0.05) is 37.3 Å². The van der Waals surface area contributed by atoms with Gasteiger partial charge in [-0.15, -0.1) is 0 Å². The summed E-state index contributed by atoms with van der Waals surface area (Å²) in [5.41, 5.74) is 3.88. The summed E-state index contributed by atoms with van der Waals surface area (Å²) in [7, 11) is 1.70. The van der Waals surface area contributed by atoms with Crippen molar-refractivity contribution in [2.24, 2.45) is 0 Å². The van der Waals surface area contributed by atoms with Crippen LogP contribution in [0.4, 0.5) is 11.6 Å². The molecule has 1 aliphatic rings. The average molecular weight is 463 g/mol. The number of benzene rings is 2. The van der Waals surface area contributed by atoms with E-state index < -0.39 is 0 Å². The second-order valence-electron chi connectivity index (χ2n) is 8.88. The Morgan fingerprint density at radius 2 is 1.85 bits per heavy atom. The molecule has 1 aliphatic heterocycles. The number of amides is 2. The third-order valence-corrected chi connectivity index (χ3v) is 6.54. The molecule has 0 aliphatic carbocycles. The van der Waals surface area contributed by atoms with Gasteiger partial charge in [-0.2, -0.15) is 0 Å². The molecule has 3 aromatic rings. The van der Waals surface area contributed by atoms with Crippen molar-refractivity contribution in [2.75, 3.05) is 50.0 Å². The molecule has 2 amide bonds.